The molecule has 0 aromatic rings. The zero-order valence-electron chi connectivity index (χ0n) is 61.2. The van der Waals surface area contributed by atoms with Crippen molar-refractivity contribution in [3.05, 3.63) is 12.2 Å². The van der Waals surface area contributed by atoms with Gasteiger partial charge in [-0.05, 0) is 19.3 Å². The maximum atomic E-state index is 13.4. The fourth-order valence-electron chi connectivity index (χ4n) is 14.0. The van der Waals surface area contributed by atoms with Crippen LogP contribution in [0, 0.1) is 0 Å². The summed E-state index contributed by atoms with van der Waals surface area (Å²) in [5.41, 5.74) is 0. The Hall–Kier alpha value is -1.27. The number of carbonyl (C=O) groups is 1. The maximum absolute atomic E-state index is 13.4. The molecule has 1 amide bonds. The molecule has 0 aromatic carbocycles. The minimum Gasteiger partial charge on any atom is -0.394 e. The second kappa shape index (κ2) is 65.1. The van der Waals surface area contributed by atoms with Crippen molar-refractivity contribution in [2.75, 3.05) is 19.8 Å². The van der Waals surface area contributed by atoms with Crippen LogP contribution in [-0.4, -0.2) is 140 Å². The summed E-state index contributed by atoms with van der Waals surface area (Å²) in [7, 11) is 0. The van der Waals surface area contributed by atoms with E-state index in [1.165, 1.54) is 334 Å². The monoisotopic (exact) mass is 1340 g/mol. The number of rotatable bonds is 70. The Morgan fingerprint density at radius 3 is 0.979 bits per heavy atom. The van der Waals surface area contributed by atoms with Crippen LogP contribution in [0.2, 0.25) is 0 Å². The summed E-state index contributed by atoms with van der Waals surface area (Å²) in [4.78, 5) is 13.4. The zero-order valence-corrected chi connectivity index (χ0v) is 61.2. The standard InChI is InChI=1S/C80H155NO13/c1-3-5-7-9-11-13-15-17-19-21-23-24-25-26-27-28-29-30-31-32-33-34-35-36-37-38-39-40-41-42-43-44-46-48-50-52-54-56-58-60-62-64-72(85)81-68(69(84)63-61-59-57-55-53-51-49-47-45-22-20-18-16-14-12-10-8-6-4-2)67-91-79-77(90)75(88)78(71(66-83)93-79)94-80-76(89)74(87)73(86)70(65-82)92-80/h61,63,68-71,73-80,82-84,86-90H,3-60,62,64-67H2,1-2H3,(H,81,85)/b63-61+. The Kier molecular flexibility index (Phi) is 61.5. The van der Waals surface area contributed by atoms with E-state index in [0.29, 0.717) is 0 Å². The van der Waals surface area contributed by atoms with Crippen molar-refractivity contribution in [3.63, 3.8) is 0 Å². The molecule has 12 atom stereocenters. The molecule has 94 heavy (non-hydrogen) atoms. The van der Waals surface area contributed by atoms with Gasteiger partial charge in [-0.15, -0.1) is 0 Å². The average Bonchev–Trinajstić information content (AvgIpc) is 0.794. The molecule has 558 valence electrons. The molecule has 0 aliphatic carbocycles. The predicted octanol–water partition coefficient (Wildman–Crippen LogP) is 18.5. The number of allylic oxidation sites excluding steroid dienone is 1. The molecule has 2 rings (SSSR count). The molecular weight excluding hydrogens is 1180 g/mol. The van der Waals surface area contributed by atoms with Gasteiger partial charge in [0, 0.05) is 6.42 Å². The molecule has 0 radical (unpaired) electrons. The van der Waals surface area contributed by atoms with E-state index in [2.05, 4.69) is 19.2 Å². The number of hydrogen-bond donors (Lipinski definition) is 9. The van der Waals surface area contributed by atoms with E-state index in [9.17, 15) is 45.6 Å². The highest BCUT2D eigenvalue weighted by Gasteiger charge is 2.51. The Bertz CT molecular complexity index is 1620. The molecular formula is C80H155NO13. The molecule has 2 fully saturated rings. The minimum atomic E-state index is -1.79. The topological polar surface area (TPSA) is 228 Å². The van der Waals surface area contributed by atoms with Gasteiger partial charge in [0.25, 0.3) is 0 Å². The Morgan fingerprint density at radius 1 is 0.372 bits per heavy atom. The van der Waals surface area contributed by atoms with E-state index >= 15 is 0 Å². The minimum absolute atomic E-state index is 0.229. The van der Waals surface area contributed by atoms with E-state index in [-0.39, 0.29) is 18.9 Å². The lowest BCUT2D eigenvalue weighted by molar-refractivity contribution is -0.359. The van der Waals surface area contributed by atoms with Crippen molar-refractivity contribution in [1.82, 2.24) is 5.32 Å². The van der Waals surface area contributed by atoms with Crippen LogP contribution in [0.3, 0.4) is 0 Å². The van der Waals surface area contributed by atoms with Gasteiger partial charge in [0.1, 0.15) is 48.8 Å². The van der Waals surface area contributed by atoms with E-state index in [0.717, 1.165) is 44.9 Å². The smallest absolute Gasteiger partial charge is 0.220 e. The molecule has 2 aliphatic rings. The van der Waals surface area contributed by atoms with E-state index in [1.54, 1.807) is 6.08 Å². The summed E-state index contributed by atoms with van der Waals surface area (Å²) in [6, 6.07) is -0.912. The van der Waals surface area contributed by atoms with Crippen molar-refractivity contribution in [3.8, 4) is 0 Å². The second-order valence-electron chi connectivity index (χ2n) is 29.3. The summed E-state index contributed by atoms with van der Waals surface area (Å²) < 4.78 is 22.9. The highest BCUT2D eigenvalue weighted by molar-refractivity contribution is 5.76. The number of hydrogen-bond acceptors (Lipinski definition) is 13. The molecule has 14 heteroatoms. The number of nitrogens with one attached hydrogen (secondary N) is 1. The molecule has 9 N–H and O–H groups in total. The summed E-state index contributed by atoms with van der Waals surface area (Å²) in [5, 5.41) is 87.6. The largest absolute Gasteiger partial charge is 0.394 e. The van der Waals surface area contributed by atoms with E-state index < -0.39 is 86.8 Å². The van der Waals surface area contributed by atoms with Gasteiger partial charge in [-0.1, -0.05) is 386 Å². The summed E-state index contributed by atoms with van der Waals surface area (Å²) in [6.07, 6.45) is 66.1. The number of aliphatic hydroxyl groups excluding tert-OH is 8. The van der Waals surface area contributed by atoms with Crippen LogP contribution < -0.4 is 5.32 Å². The van der Waals surface area contributed by atoms with Crippen molar-refractivity contribution in [2.24, 2.45) is 0 Å². The van der Waals surface area contributed by atoms with Gasteiger partial charge in [-0.3, -0.25) is 4.79 Å². The second-order valence-corrected chi connectivity index (χ2v) is 29.3. The Labute approximate surface area is 577 Å². The third kappa shape index (κ3) is 47.7. The average molecular weight is 1340 g/mol. The molecule has 2 saturated heterocycles. The van der Waals surface area contributed by atoms with Gasteiger partial charge in [0.15, 0.2) is 12.6 Å². The lowest BCUT2D eigenvalue weighted by Gasteiger charge is -2.46. The van der Waals surface area contributed by atoms with Crippen LogP contribution in [0.25, 0.3) is 0 Å². The predicted molar refractivity (Wildman–Crippen MR) is 388 cm³/mol. The van der Waals surface area contributed by atoms with Crippen molar-refractivity contribution >= 4 is 5.91 Å². The Balaban J connectivity index is 1.53. The highest BCUT2D eigenvalue weighted by atomic mass is 16.7. The quantitative estimate of drug-likeness (QED) is 0.0204. The van der Waals surface area contributed by atoms with E-state index in [4.69, 9.17) is 18.9 Å². The van der Waals surface area contributed by atoms with Crippen LogP contribution in [0.1, 0.15) is 399 Å². The third-order valence-electron chi connectivity index (χ3n) is 20.5. The first kappa shape index (κ1) is 88.8. The lowest BCUT2D eigenvalue weighted by Crippen LogP contribution is -2.65. The molecule has 0 bridgehead atoms. The van der Waals surface area contributed by atoms with E-state index in [1.807, 2.05) is 6.08 Å². The normalized spacial score (nSPS) is 22.4. The summed E-state index contributed by atoms with van der Waals surface area (Å²) in [5.74, 6) is -0.229. The Morgan fingerprint density at radius 2 is 0.660 bits per heavy atom. The number of unbranched alkanes of at least 4 members (excludes halogenated alkanes) is 57. The van der Waals surface area contributed by atoms with Crippen LogP contribution in [-0.2, 0) is 23.7 Å². The number of ether oxygens (including phenoxy) is 4. The molecule has 0 spiro atoms. The zero-order chi connectivity index (χ0) is 68.0. The van der Waals surface area contributed by atoms with Crippen LogP contribution >= 0.6 is 0 Å². The number of amides is 1. The van der Waals surface area contributed by atoms with Gasteiger partial charge in [-0.2, -0.15) is 0 Å². The van der Waals surface area contributed by atoms with Crippen molar-refractivity contribution in [2.45, 2.75) is 473 Å². The first-order valence-electron chi connectivity index (χ1n) is 40.9. The van der Waals surface area contributed by atoms with Crippen LogP contribution in [0.15, 0.2) is 12.2 Å². The fraction of sp³-hybridized carbons (Fsp3) is 0.963. The number of aliphatic hydroxyl groups is 8. The van der Waals surface area contributed by atoms with Crippen LogP contribution in [0.5, 0.6) is 0 Å². The van der Waals surface area contributed by atoms with Gasteiger partial charge in [0.05, 0.1) is 32.0 Å². The molecule has 2 aliphatic heterocycles. The van der Waals surface area contributed by atoms with Gasteiger partial charge >= 0.3 is 0 Å². The third-order valence-corrected chi connectivity index (χ3v) is 20.5. The van der Waals surface area contributed by atoms with Crippen molar-refractivity contribution in [1.29, 1.82) is 0 Å². The van der Waals surface area contributed by atoms with Gasteiger partial charge in [0.2, 0.25) is 5.91 Å². The highest BCUT2D eigenvalue weighted by Crippen LogP contribution is 2.30. The lowest BCUT2D eigenvalue weighted by atomic mass is 9.97. The first-order chi connectivity index (χ1) is 46.1. The van der Waals surface area contributed by atoms with Crippen LogP contribution in [0.4, 0.5) is 0 Å². The van der Waals surface area contributed by atoms with Crippen molar-refractivity contribution < 1.29 is 64.6 Å². The fourth-order valence-corrected chi connectivity index (χ4v) is 14.0. The first-order valence-corrected chi connectivity index (χ1v) is 40.9. The summed E-state index contributed by atoms with van der Waals surface area (Å²) >= 11 is 0. The SMILES string of the molecule is CCCCCCCCCCCCCCCCCCC/C=C/C(O)C(COC1OC(CO)C(OC2OC(CO)C(O)C(O)C2O)C(O)C1O)NC(=O)CCCCCCCCCCCCCCCCCCCCCCCCCCCCCCCCCCCCCCCCCCC. The van der Waals surface area contributed by atoms with Gasteiger partial charge < -0.3 is 65.1 Å². The maximum Gasteiger partial charge on any atom is 0.220 e. The molecule has 12 unspecified atom stereocenters. The molecule has 2 heterocycles. The van der Waals surface area contributed by atoms with Gasteiger partial charge in [-0.25, -0.2) is 0 Å². The molecule has 14 nitrogen and oxygen atoms in total. The molecule has 0 saturated carbocycles. The molecule has 0 aromatic heterocycles. The summed E-state index contributed by atoms with van der Waals surface area (Å²) in [6.45, 7) is 2.87. The number of carbonyl (C=O) groups excluding carboxylic acids is 1.